The minimum atomic E-state index is 0.0491. The van der Waals surface area contributed by atoms with Crippen molar-refractivity contribution in [1.29, 1.82) is 0 Å². The molecule has 1 aliphatic rings. The van der Waals surface area contributed by atoms with Crippen LogP contribution in [0.15, 0.2) is 0 Å². The summed E-state index contributed by atoms with van der Waals surface area (Å²) in [7, 11) is 0. The molecule has 0 spiro atoms. The van der Waals surface area contributed by atoms with Crippen molar-refractivity contribution in [3.05, 3.63) is 0 Å². The fourth-order valence-corrected chi connectivity index (χ4v) is 2.79. The second-order valence-electron chi connectivity index (χ2n) is 6.82. The average Bonchev–Trinajstić information content (AvgIpc) is 2.28. The van der Waals surface area contributed by atoms with Gasteiger partial charge in [-0.05, 0) is 23.7 Å². The number of rotatable bonds is 4. The molecule has 0 saturated carbocycles. The fourth-order valence-electron chi connectivity index (χ4n) is 2.79. The van der Waals surface area contributed by atoms with E-state index in [2.05, 4.69) is 34.6 Å². The zero-order valence-corrected chi connectivity index (χ0v) is 12.7. The Balaban J connectivity index is 2.58. The van der Waals surface area contributed by atoms with Crippen molar-refractivity contribution in [2.45, 2.75) is 59.9 Å². The summed E-state index contributed by atoms with van der Waals surface area (Å²) in [4.78, 5) is 14.4. The monoisotopic (exact) mass is 254 g/mol. The molecule has 1 saturated heterocycles. The summed E-state index contributed by atoms with van der Waals surface area (Å²) >= 11 is 0. The Hall–Kier alpha value is -0.570. The first kappa shape index (κ1) is 15.5. The van der Waals surface area contributed by atoms with Crippen LogP contribution in [0.4, 0.5) is 0 Å². The van der Waals surface area contributed by atoms with Crippen LogP contribution < -0.4 is 5.73 Å². The van der Waals surface area contributed by atoms with Gasteiger partial charge in [0.25, 0.3) is 0 Å². The van der Waals surface area contributed by atoms with Gasteiger partial charge in [0.15, 0.2) is 0 Å². The van der Waals surface area contributed by atoms with E-state index < -0.39 is 0 Å². The number of carbonyl (C=O) groups excluding carboxylic acids is 1. The molecule has 1 amide bonds. The smallest absolute Gasteiger partial charge is 0.222 e. The first-order valence-corrected chi connectivity index (χ1v) is 7.31. The number of nitrogens with zero attached hydrogens (tertiary/aromatic N) is 1. The Labute approximate surface area is 112 Å². The lowest BCUT2D eigenvalue weighted by atomic mass is 9.79. The Bertz CT molecular complexity index is 286. The minimum Gasteiger partial charge on any atom is -0.342 e. The van der Waals surface area contributed by atoms with Gasteiger partial charge in [0.2, 0.25) is 5.91 Å². The van der Waals surface area contributed by atoms with Gasteiger partial charge >= 0.3 is 0 Å². The number of hydrogen-bond donors (Lipinski definition) is 1. The van der Waals surface area contributed by atoms with Crippen LogP contribution in [0.25, 0.3) is 0 Å². The van der Waals surface area contributed by atoms with Crippen LogP contribution in [0.1, 0.15) is 53.9 Å². The summed E-state index contributed by atoms with van der Waals surface area (Å²) in [5.74, 6) is 1.41. The van der Waals surface area contributed by atoms with Crippen molar-refractivity contribution in [3.8, 4) is 0 Å². The number of amides is 1. The highest BCUT2D eigenvalue weighted by Gasteiger charge is 2.35. The van der Waals surface area contributed by atoms with Crippen molar-refractivity contribution in [3.63, 3.8) is 0 Å². The van der Waals surface area contributed by atoms with Gasteiger partial charge < -0.3 is 10.6 Å². The van der Waals surface area contributed by atoms with Gasteiger partial charge in [-0.3, -0.25) is 4.79 Å². The van der Waals surface area contributed by atoms with Gasteiger partial charge in [-0.15, -0.1) is 0 Å². The lowest BCUT2D eigenvalue weighted by Crippen LogP contribution is -2.54. The van der Waals surface area contributed by atoms with Crippen LogP contribution in [0.3, 0.4) is 0 Å². The molecule has 3 heteroatoms. The van der Waals surface area contributed by atoms with Crippen LogP contribution >= 0.6 is 0 Å². The molecule has 1 heterocycles. The molecule has 3 nitrogen and oxygen atoms in total. The molecule has 1 rings (SSSR count). The van der Waals surface area contributed by atoms with E-state index in [4.69, 9.17) is 5.73 Å². The zero-order valence-electron chi connectivity index (χ0n) is 12.7. The molecule has 18 heavy (non-hydrogen) atoms. The third-order valence-corrected chi connectivity index (χ3v) is 4.57. The molecule has 1 fully saturated rings. The van der Waals surface area contributed by atoms with E-state index in [0.717, 1.165) is 25.9 Å². The maximum Gasteiger partial charge on any atom is 0.222 e. The average molecular weight is 254 g/mol. The first-order valence-electron chi connectivity index (χ1n) is 7.31. The Kier molecular flexibility index (Phi) is 5.20. The molecule has 1 aliphatic heterocycles. The highest BCUT2D eigenvalue weighted by atomic mass is 16.2. The summed E-state index contributed by atoms with van der Waals surface area (Å²) in [6, 6.07) is 0.216. The van der Waals surface area contributed by atoms with E-state index in [0.29, 0.717) is 24.2 Å². The molecule has 106 valence electrons. The van der Waals surface area contributed by atoms with Crippen LogP contribution in [-0.4, -0.2) is 29.9 Å². The van der Waals surface area contributed by atoms with Crippen molar-refractivity contribution >= 4 is 5.91 Å². The number of hydrogen-bond acceptors (Lipinski definition) is 2. The largest absolute Gasteiger partial charge is 0.342 e. The Morgan fingerprint density at radius 1 is 1.44 bits per heavy atom. The van der Waals surface area contributed by atoms with Gasteiger partial charge in [-0.2, -0.15) is 0 Å². The van der Waals surface area contributed by atoms with E-state index in [9.17, 15) is 4.79 Å². The second-order valence-corrected chi connectivity index (χ2v) is 6.82. The van der Waals surface area contributed by atoms with E-state index in [-0.39, 0.29) is 11.5 Å². The third kappa shape index (κ3) is 3.71. The van der Waals surface area contributed by atoms with E-state index >= 15 is 0 Å². The maximum atomic E-state index is 12.4. The predicted octanol–water partition coefficient (Wildman–Crippen LogP) is 2.64. The van der Waals surface area contributed by atoms with E-state index in [1.54, 1.807) is 0 Å². The molecule has 0 bridgehead atoms. The predicted molar refractivity (Wildman–Crippen MR) is 76.2 cm³/mol. The van der Waals surface area contributed by atoms with Gasteiger partial charge in [0, 0.05) is 25.6 Å². The SMILES string of the molecule is CCC(CC(=O)N1CCC(N)C(C)(C)C1)C(C)C. The van der Waals surface area contributed by atoms with E-state index in [1.807, 2.05) is 4.90 Å². The molecule has 0 aromatic rings. The highest BCUT2D eigenvalue weighted by Crippen LogP contribution is 2.29. The van der Waals surface area contributed by atoms with E-state index in [1.165, 1.54) is 0 Å². The van der Waals surface area contributed by atoms with Crippen LogP contribution in [-0.2, 0) is 4.79 Å². The number of likely N-dealkylation sites (tertiary alicyclic amines) is 1. The lowest BCUT2D eigenvalue weighted by molar-refractivity contribution is -0.136. The number of carbonyl (C=O) groups is 1. The zero-order chi connectivity index (χ0) is 13.9. The first-order chi connectivity index (χ1) is 8.27. The molecule has 0 aliphatic carbocycles. The van der Waals surface area contributed by atoms with Crippen molar-refractivity contribution in [2.24, 2.45) is 23.0 Å². The number of nitrogens with two attached hydrogens (primary N) is 1. The summed E-state index contributed by atoms with van der Waals surface area (Å²) in [6.45, 7) is 12.6. The minimum absolute atomic E-state index is 0.0491. The lowest BCUT2D eigenvalue weighted by Gasteiger charge is -2.43. The second kappa shape index (κ2) is 6.05. The summed E-state index contributed by atoms with van der Waals surface area (Å²) in [5, 5.41) is 0. The number of piperidine rings is 1. The topological polar surface area (TPSA) is 46.3 Å². The normalized spacial score (nSPS) is 25.3. The van der Waals surface area contributed by atoms with Crippen molar-refractivity contribution < 1.29 is 4.79 Å². The molecule has 0 aromatic heterocycles. The summed E-state index contributed by atoms with van der Waals surface area (Å²) in [6.07, 6.45) is 2.71. The molecule has 0 aromatic carbocycles. The van der Waals surface area contributed by atoms with Gasteiger partial charge in [0.1, 0.15) is 0 Å². The highest BCUT2D eigenvalue weighted by molar-refractivity contribution is 5.76. The molecule has 2 atom stereocenters. The quantitative estimate of drug-likeness (QED) is 0.838. The Morgan fingerprint density at radius 2 is 2.06 bits per heavy atom. The van der Waals surface area contributed by atoms with Crippen molar-refractivity contribution in [1.82, 2.24) is 4.90 Å². The molecular formula is C15H30N2O. The van der Waals surface area contributed by atoms with Crippen LogP contribution in [0.5, 0.6) is 0 Å². The summed E-state index contributed by atoms with van der Waals surface area (Å²) in [5.41, 5.74) is 6.16. The fraction of sp³-hybridized carbons (Fsp3) is 0.933. The van der Waals surface area contributed by atoms with Gasteiger partial charge in [0.05, 0.1) is 0 Å². The van der Waals surface area contributed by atoms with Crippen LogP contribution in [0.2, 0.25) is 0 Å². The molecular weight excluding hydrogens is 224 g/mol. The van der Waals surface area contributed by atoms with Crippen molar-refractivity contribution in [2.75, 3.05) is 13.1 Å². The molecule has 2 unspecified atom stereocenters. The van der Waals surface area contributed by atoms with Crippen LogP contribution in [0, 0.1) is 17.3 Å². The summed E-state index contributed by atoms with van der Waals surface area (Å²) < 4.78 is 0. The van der Waals surface area contributed by atoms with Gasteiger partial charge in [-0.25, -0.2) is 0 Å². The third-order valence-electron chi connectivity index (χ3n) is 4.57. The van der Waals surface area contributed by atoms with Gasteiger partial charge in [-0.1, -0.05) is 41.0 Å². The molecule has 2 N–H and O–H groups in total. The molecule has 0 radical (unpaired) electrons. The Morgan fingerprint density at radius 3 is 2.50 bits per heavy atom. The standard InChI is InChI=1S/C15H30N2O/c1-6-12(11(2)3)9-14(18)17-8-7-13(16)15(4,5)10-17/h11-13H,6-10,16H2,1-5H3. The maximum absolute atomic E-state index is 12.4.